The number of nitrogens with zero attached hydrogens (tertiary/aromatic N) is 1. The Morgan fingerprint density at radius 3 is 2.68 bits per heavy atom. The molecule has 0 amide bonds. The van der Waals surface area contributed by atoms with Gasteiger partial charge in [-0.05, 0) is 84.9 Å². The average molecular weight is 383 g/mol. The predicted molar refractivity (Wildman–Crippen MR) is 98.6 cm³/mol. The van der Waals surface area contributed by atoms with Crippen molar-refractivity contribution in [3.8, 4) is 0 Å². The van der Waals surface area contributed by atoms with E-state index in [1.54, 1.807) is 18.3 Å². The molecule has 4 nitrogen and oxygen atoms in total. The van der Waals surface area contributed by atoms with Gasteiger partial charge < -0.3 is 0 Å². The van der Waals surface area contributed by atoms with Gasteiger partial charge >= 0.3 is 0 Å². The van der Waals surface area contributed by atoms with E-state index in [2.05, 4.69) is 26.4 Å². The van der Waals surface area contributed by atoms with Gasteiger partial charge in [0.25, 0.3) is 0 Å². The number of hydrogen-bond acceptors (Lipinski definition) is 4. The number of benzene rings is 1. The van der Waals surface area contributed by atoms with E-state index in [4.69, 9.17) is 0 Å². The van der Waals surface area contributed by atoms with Crippen molar-refractivity contribution < 1.29 is 12.8 Å². The highest BCUT2D eigenvalue weighted by Crippen LogP contribution is 2.21. The van der Waals surface area contributed by atoms with E-state index >= 15 is 0 Å². The van der Waals surface area contributed by atoms with Gasteiger partial charge in [-0.3, -0.25) is 4.90 Å². The van der Waals surface area contributed by atoms with Crippen LogP contribution in [0.15, 0.2) is 39.9 Å². The molecule has 0 saturated carbocycles. The maximum Gasteiger partial charge on any atom is 0.240 e. The van der Waals surface area contributed by atoms with Gasteiger partial charge in [0.15, 0.2) is 0 Å². The molecule has 0 bridgehead atoms. The maximum atomic E-state index is 13.2. The highest BCUT2D eigenvalue weighted by molar-refractivity contribution is 7.89. The Morgan fingerprint density at radius 2 is 2.04 bits per heavy atom. The lowest BCUT2D eigenvalue weighted by atomic mass is 9.97. The molecule has 0 unspecified atom stereocenters. The standard InChI is InChI=1S/C18H23FN2O2S2/c1-14-10-17(19)2-3-18(14)25(22,23)20-11-15-4-7-21(8-5-15)12-16-6-9-24-13-16/h2-3,6,9-10,13,15,20H,4-5,7-8,11-12H2,1H3. The van der Waals surface area contributed by atoms with Gasteiger partial charge in [-0.15, -0.1) is 0 Å². The summed E-state index contributed by atoms with van der Waals surface area (Å²) in [6.45, 7) is 4.98. The normalized spacial score (nSPS) is 17.0. The molecule has 0 aliphatic carbocycles. The fourth-order valence-electron chi connectivity index (χ4n) is 3.21. The summed E-state index contributed by atoms with van der Waals surface area (Å²) < 4.78 is 40.7. The van der Waals surface area contributed by atoms with Crippen LogP contribution in [-0.4, -0.2) is 33.0 Å². The lowest BCUT2D eigenvalue weighted by Crippen LogP contribution is -2.38. The number of thiophene rings is 1. The van der Waals surface area contributed by atoms with Crippen LogP contribution in [0.4, 0.5) is 4.39 Å². The molecular weight excluding hydrogens is 359 g/mol. The Labute approximate surface area is 152 Å². The number of rotatable bonds is 6. The molecular formula is C18H23FN2O2S2. The summed E-state index contributed by atoms with van der Waals surface area (Å²) in [5, 5.41) is 4.26. The maximum absolute atomic E-state index is 13.2. The van der Waals surface area contributed by atoms with E-state index in [-0.39, 0.29) is 4.90 Å². The van der Waals surface area contributed by atoms with Gasteiger partial charge in [0.1, 0.15) is 5.82 Å². The molecule has 25 heavy (non-hydrogen) atoms. The monoisotopic (exact) mass is 382 g/mol. The van der Waals surface area contributed by atoms with E-state index in [0.29, 0.717) is 18.0 Å². The lowest BCUT2D eigenvalue weighted by molar-refractivity contribution is 0.179. The first-order valence-corrected chi connectivity index (χ1v) is 10.9. The van der Waals surface area contributed by atoms with Crippen LogP contribution in [0.3, 0.4) is 0 Å². The number of nitrogens with one attached hydrogen (secondary N) is 1. The van der Waals surface area contributed by atoms with Crippen LogP contribution < -0.4 is 4.72 Å². The van der Waals surface area contributed by atoms with Crippen molar-refractivity contribution in [3.05, 3.63) is 52.0 Å². The van der Waals surface area contributed by atoms with Crippen molar-refractivity contribution in [1.82, 2.24) is 9.62 Å². The third-order valence-electron chi connectivity index (χ3n) is 4.68. The third kappa shape index (κ3) is 4.88. The van der Waals surface area contributed by atoms with E-state index in [1.165, 1.54) is 23.8 Å². The number of hydrogen-bond donors (Lipinski definition) is 1. The van der Waals surface area contributed by atoms with E-state index in [0.717, 1.165) is 32.5 Å². The summed E-state index contributed by atoms with van der Waals surface area (Å²) in [5.74, 6) is -0.0799. The summed E-state index contributed by atoms with van der Waals surface area (Å²) in [4.78, 5) is 2.57. The number of aryl methyl sites for hydroxylation is 1. The summed E-state index contributed by atoms with van der Waals surface area (Å²) in [6.07, 6.45) is 1.96. The first-order valence-electron chi connectivity index (χ1n) is 8.43. The molecule has 2 aromatic rings. The Balaban J connectivity index is 1.50. The summed E-state index contributed by atoms with van der Waals surface area (Å²) in [7, 11) is -3.59. The van der Waals surface area contributed by atoms with Gasteiger partial charge in [-0.2, -0.15) is 11.3 Å². The van der Waals surface area contributed by atoms with Gasteiger partial charge in [0.05, 0.1) is 4.90 Å². The first kappa shape index (κ1) is 18.5. The SMILES string of the molecule is Cc1cc(F)ccc1S(=O)(=O)NCC1CCN(Cc2ccsc2)CC1. The highest BCUT2D eigenvalue weighted by Gasteiger charge is 2.23. The van der Waals surface area contributed by atoms with Crippen LogP contribution in [-0.2, 0) is 16.6 Å². The molecule has 1 aliphatic heterocycles. The number of piperidine rings is 1. The zero-order chi connectivity index (χ0) is 17.9. The summed E-state index contributed by atoms with van der Waals surface area (Å²) in [5.41, 5.74) is 1.77. The Bertz CT molecular complexity index is 798. The molecule has 3 rings (SSSR count). The van der Waals surface area contributed by atoms with Crippen molar-refractivity contribution in [2.45, 2.75) is 31.2 Å². The number of sulfonamides is 1. The van der Waals surface area contributed by atoms with Gasteiger partial charge in [-0.1, -0.05) is 0 Å². The van der Waals surface area contributed by atoms with Crippen molar-refractivity contribution >= 4 is 21.4 Å². The second-order valence-corrected chi connectivity index (χ2v) is 9.13. The zero-order valence-corrected chi connectivity index (χ0v) is 15.9. The largest absolute Gasteiger partial charge is 0.299 e. The topological polar surface area (TPSA) is 49.4 Å². The summed E-state index contributed by atoms with van der Waals surface area (Å²) in [6, 6.07) is 5.91. The quantitative estimate of drug-likeness (QED) is 0.833. The molecule has 1 N–H and O–H groups in total. The Hall–Kier alpha value is -1.28. The molecule has 136 valence electrons. The van der Waals surface area contributed by atoms with Crippen molar-refractivity contribution in [2.75, 3.05) is 19.6 Å². The first-order chi connectivity index (χ1) is 11.9. The molecule has 2 heterocycles. The zero-order valence-electron chi connectivity index (χ0n) is 14.2. The number of likely N-dealkylation sites (tertiary alicyclic amines) is 1. The average Bonchev–Trinajstić information content (AvgIpc) is 3.07. The molecule has 0 atom stereocenters. The van der Waals surface area contributed by atoms with Crippen molar-refractivity contribution in [3.63, 3.8) is 0 Å². The van der Waals surface area contributed by atoms with Crippen LogP contribution in [0.25, 0.3) is 0 Å². The summed E-state index contributed by atoms with van der Waals surface area (Å²) >= 11 is 1.71. The molecule has 1 aromatic carbocycles. The van der Waals surface area contributed by atoms with Crippen LogP contribution in [0.5, 0.6) is 0 Å². The van der Waals surface area contributed by atoms with Crippen LogP contribution in [0.2, 0.25) is 0 Å². The van der Waals surface area contributed by atoms with E-state index < -0.39 is 15.8 Å². The Kier molecular flexibility index (Phi) is 5.89. The lowest BCUT2D eigenvalue weighted by Gasteiger charge is -2.31. The van der Waals surface area contributed by atoms with Crippen LogP contribution in [0, 0.1) is 18.7 Å². The molecule has 0 spiro atoms. The highest BCUT2D eigenvalue weighted by atomic mass is 32.2. The van der Waals surface area contributed by atoms with E-state index in [1.807, 2.05) is 0 Å². The van der Waals surface area contributed by atoms with Gasteiger partial charge in [-0.25, -0.2) is 17.5 Å². The van der Waals surface area contributed by atoms with Crippen LogP contribution in [0.1, 0.15) is 24.0 Å². The minimum Gasteiger partial charge on any atom is -0.299 e. The van der Waals surface area contributed by atoms with Crippen molar-refractivity contribution in [1.29, 1.82) is 0 Å². The molecule has 1 aliphatic rings. The van der Waals surface area contributed by atoms with Crippen LogP contribution >= 0.6 is 11.3 Å². The smallest absolute Gasteiger partial charge is 0.240 e. The molecule has 0 radical (unpaired) electrons. The molecule has 1 fully saturated rings. The molecule has 1 aromatic heterocycles. The third-order valence-corrected chi connectivity index (χ3v) is 7.00. The number of halogens is 1. The fourth-order valence-corrected chi connectivity index (χ4v) is 5.21. The minimum absolute atomic E-state index is 0.156. The Morgan fingerprint density at radius 1 is 1.28 bits per heavy atom. The van der Waals surface area contributed by atoms with Gasteiger partial charge in [0.2, 0.25) is 10.0 Å². The second-order valence-electron chi connectivity index (χ2n) is 6.61. The van der Waals surface area contributed by atoms with Crippen molar-refractivity contribution in [2.24, 2.45) is 5.92 Å². The van der Waals surface area contributed by atoms with Gasteiger partial charge in [0, 0.05) is 13.1 Å². The molecule has 7 heteroatoms. The molecule has 1 saturated heterocycles. The minimum atomic E-state index is -3.59. The van der Waals surface area contributed by atoms with E-state index in [9.17, 15) is 12.8 Å². The second kappa shape index (κ2) is 7.95. The predicted octanol–water partition coefficient (Wildman–Crippen LogP) is 3.39. The fraction of sp³-hybridized carbons (Fsp3) is 0.444.